The molecular formula is C46H26N2O2S2. The lowest BCUT2D eigenvalue weighted by atomic mass is 9.99. The fraction of sp³-hybridized carbons (Fsp3) is 0. The van der Waals surface area contributed by atoms with E-state index in [1.54, 1.807) is 0 Å². The van der Waals surface area contributed by atoms with Crippen molar-refractivity contribution in [2.24, 2.45) is 0 Å². The fourth-order valence-electron chi connectivity index (χ4n) is 8.18. The van der Waals surface area contributed by atoms with Crippen LogP contribution in [0, 0.1) is 0 Å². The highest BCUT2D eigenvalue weighted by Crippen LogP contribution is 2.53. The van der Waals surface area contributed by atoms with Crippen molar-refractivity contribution in [1.29, 1.82) is 0 Å². The van der Waals surface area contributed by atoms with Gasteiger partial charge in [-0.25, -0.2) is 0 Å². The molecule has 0 N–H and O–H groups in total. The Labute approximate surface area is 306 Å². The van der Waals surface area contributed by atoms with Crippen molar-refractivity contribution in [3.8, 4) is 0 Å². The standard InChI is InChI=1S/C46H26N2O2S2/c1-5-13-41-33(9-1)47(34-10-2-6-14-42(34)51-41)27-17-19-31-39(25-27)49-37-23-21-30-29(45(31)37)22-24-38-46(30)32-20-18-28(26-40(32)50-38)48-35-11-3-7-15-43(35)52-44-16-8-4-12-36(44)48/h1-26H. The molecule has 6 heteroatoms. The second-order valence-electron chi connectivity index (χ2n) is 13.3. The molecule has 0 atom stereocenters. The molecule has 4 heterocycles. The summed E-state index contributed by atoms with van der Waals surface area (Å²) in [5.41, 5.74) is 10.4. The van der Waals surface area contributed by atoms with Crippen molar-refractivity contribution < 1.29 is 8.83 Å². The van der Waals surface area contributed by atoms with Crippen molar-refractivity contribution in [1.82, 2.24) is 0 Å². The minimum absolute atomic E-state index is 0.871. The second kappa shape index (κ2) is 10.7. The van der Waals surface area contributed by atoms with Gasteiger partial charge >= 0.3 is 0 Å². The third-order valence-electron chi connectivity index (χ3n) is 10.4. The van der Waals surface area contributed by atoms with Gasteiger partial charge in [-0.1, -0.05) is 72.1 Å². The molecule has 0 unspecified atom stereocenters. The summed E-state index contributed by atoms with van der Waals surface area (Å²) in [6.45, 7) is 0. The van der Waals surface area contributed by atoms with E-state index in [9.17, 15) is 0 Å². The number of hydrogen-bond acceptors (Lipinski definition) is 6. The van der Waals surface area contributed by atoms with Gasteiger partial charge in [0.1, 0.15) is 22.3 Å². The number of rotatable bonds is 2. The van der Waals surface area contributed by atoms with Gasteiger partial charge in [-0.05, 0) is 108 Å². The number of fused-ring (bicyclic) bond motifs is 13. The quantitative estimate of drug-likeness (QED) is 0.178. The van der Waals surface area contributed by atoms with Crippen LogP contribution in [-0.4, -0.2) is 0 Å². The van der Waals surface area contributed by atoms with E-state index in [4.69, 9.17) is 8.83 Å². The zero-order valence-corrected chi connectivity index (χ0v) is 29.2. The Morgan fingerprint density at radius 2 is 0.673 bits per heavy atom. The molecular weight excluding hydrogens is 677 g/mol. The summed E-state index contributed by atoms with van der Waals surface area (Å²) in [6.07, 6.45) is 0. The fourth-order valence-corrected chi connectivity index (χ4v) is 10.3. The molecule has 0 spiro atoms. The smallest absolute Gasteiger partial charge is 0.137 e. The maximum Gasteiger partial charge on any atom is 0.137 e. The number of benzene rings is 8. The first kappa shape index (κ1) is 28.6. The Balaban J connectivity index is 1.01. The van der Waals surface area contributed by atoms with Gasteiger partial charge in [0, 0.05) is 64.6 Å². The highest BCUT2D eigenvalue weighted by atomic mass is 32.2. The first-order valence-electron chi connectivity index (χ1n) is 17.3. The first-order valence-corrected chi connectivity index (χ1v) is 19.0. The predicted octanol–water partition coefficient (Wildman–Crippen LogP) is 14.5. The molecule has 2 aliphatic rings. The number of hydrogen-bond donors (Lipinski definition) is 0. The van der Waals surface area contributed by atoms with E-state index in [2.05, 4.69) is 168 Å². The molecule has 2 aliphatic heterocycles. The van der Waals surface area contributed by atoms with Crippen molar-refractivity contribution in [3.05, 3.63) is 158 Å². The Kier molecular flexibility index (Phi) is 5.89. The summed E-state index contributed by atoms with van der Waals surface area (Å²) in [5.74, 6) is 0. The monoisotopic (exact) mass is 702 g/mol. The Morgan fingerprint density at radius 3 is 1.06 bits per heavy atom. The second-order valence-corrected chi connectivity index (χ2v) is 15.5. The predicted molar refractivity (Wildman–Crippen MR) is 216 cm³/mol. The minimum Gasteiger partial charge on any atom is -0.456 e. The molecule has 0 bridgehead atoms. The molecule has 8 aromatic carbocycles. The highest BCUT2D eigenvalue weighted by molar-refractivity contribution is 8.00. The molecule has 0 saturated heterocycles. The summed E-state index contributed by atoms with van der Waals surface area (Å²) in [4.78, 5) is 9.66. The molecule has 0 amide bonds. The van der Waals surface area contributed by atoms with Crippen LogP contribution >= 0.6 is 23.5 Å². The molecule has 0 radical (unpaired) electrons. The van der Waals surface area contributed by atoms with Crippen LogP contribution in [0.15, 0.2) is 186 Å². The number of nitrogens with zero attached hydrogens (tertiary/aromatic N) is 2. The Hall–Kier alpha value is -6.08. The summed E-state index contributed by atoms with van der Waals surface area (Å²) in [5, 5.41) is 6.77. The van der Waals surface area contributed by atoms with Crippen LogP contribution in [-0.2, 0) is 0 Å². The topological polar surface area (TPSA) is 32.8 Å². The molecule has 244 valence electrons. The maximum absolute atomic E-state index is 6.63. The lowest BCUT2D eigenvalue weighted by Gasteiger charge is -2.32. The van der Waals surface area contributed by atoms with Gasteiger partial charge in [0.25, 0.3) is 0 Å². The average molecular weight is 703 g/mol. The van der Waals surface area contributed by atoms with Gasteiger partial charge < -0.3 is 18.6 Å². The number of furan rings is 2. The van der Waals surface area contributed by atoms with Gasteiger partial charge in [0.05, 0.1) is 22.7 Å². The van der Waals surface area contributed by atoms with Gasteiger partial charge in [-0.15, -0.1) is 0 Å². The average Bonchev–Trinajstić information content (AvgIpc) is 3.76. The summed E-state index contributed by atoms with van der Waals surface area (Å²) in [6, 6.07) is 56.3. The van der Waals surface area contributed by atoms with Crippen LogP contribution in [0.5, 0.6) is 0 Å². The number of para-hydroxylation sites is 4. The van der Waals surface area contributed by atoms with Crippen molar-refractivity contribution in [3.63, 3.8) is 0 Å². The third-order valence-corrected chi connectivity index (χ3v) is 12.7. The molecule has 4 nitrogen and oxygen atoms in total. The lowest BCUT2D eigenvalue weighted by molar-refractivity contribution is 0.668. The molecule has 0 aliphatic carbocycles. The summed E-state index contributed by atoms with van der Waals surface area (Å²) in [7, 11) is 0. The lowest BCUT2D eigenvalue weighted by Crippen LogP contribution is -2.14. The largest absolute Gasteiger partial charge is 0.456 e. The first-order chi connectivity index (χ1) is 25.8. The zero-order valence-electron chi connectivity index (χ0n) is 27.5. The van der Waals surface area contributed by atoms with Crippen LogP contribution in [0.2, 0.25) is 0 Å². The number of anilines is 6. The van der Waals surface area contributed by atoms with Crippen molar-refractivity contribution >= 4 is 112 Å². The minimum atomic E-state index is 0.871. The highest BCUT2D eigenvalue weighted by Gasteiger charge is 2.27. The molecule has 52 heavy (non-hydrogen) atoms. The molecule has 10 aromatic rings. The van der Waals surface area contributed by atoms with Crippen LogP contribution in [0.25, 0.3) is 54.6 Å². The molecule has 0 saturated carbocycles. The molecule has 2 aromatic heterocycles. The molecule has 0 fully saturated rings. The SMILES string of the molecule is c1ccc2c(c1)Sc1ccccc1N2c1ccc2c(c1)oc1ccc3c(ccc4oc5cc(N6c7ccccc7Sc7ccccc76)ccc5c43)c12. The van der Waals surface area contributed by atoms with E-state index in [-0.39, 0.29) is 0 Å². The van der Waals surface area contributed by atoms with Gasteiger partial charge in [-0.2, -0.15) is 0 Å². The van der Waals surface area contributed by atoms with Crippen LogP contribution in [0.3, 0.4) is 0 Å². The summed E-state index contributed by atoms with van der Waals surface area (Å²) < 4.78 is 13.3. The molecule has 12 rings (SSSR count). The van der Waals surface area contributed by atoms with Crippen molar-refractivity contribution in [2.45, 2.75) is 19.6 Å². The van der Waals surface area contributed by atoms with E-state index in [1.165, 1.54) is 42.3 Å². The van der Waals surface area contributed by atoms with Gasteiger partial charge in [-0.3, -0.25) is 0 Å². The van der Waals surface area contributed by atoms with Gasteiger partial charge in [0.15, 0.2) is 0 Å². The normalized spacial score (nSPS) is 13.5. The van der Waals surface area contributed by atoms with E-state index in [1.807, 2.05) is 23.5 Å². The van der Waals surface area contributed by atoms with E-state index >= 15 is 0 Å². The van der Waals surface area contributed by atoms with Crippen LogP contribution in [0.1, 0.15) is 0 Å². The van der Waals surface area contributed by atoms with Crippen LogP contribution in [0.4, 0.5) is 34.1 Å². The summed E-state index contributed by atoms with van der Waals surface area (Å²) >= 11 is 3.64. The van der Waals surface area contributed by atoms with Crippen molar-refractivity contribution in [2.75, 3.05) is 9.80 Å². The van der Waals surface area contributed by atoms with E-state index in [0.717, 1.165) is 66.0 Å². The van der Waals surface area contributed by atoms with E-state index < -0.39 is 0 Å². The maximum atomic E-state index is 6.63. The van der Waals surface area contributed by atoms with Crippen LogP contribution < -0.4 is 9.80 Å². The Morgan fingerprint density at radius 1 is 0.327 bits per heavy atom. The van der Waals surface area contributed by atoms with E-state index in [0.29, 0.717) is 0 Å². The zero-order chi connectivity index (χ0) is 33.9. The Bertz CT molecular complexity index is 2820. The third kappa shape index (κ3) is 4.02. The van der Waals surface area contributed by atoms with Gasteiger partial charge in [0.2, 0.25) is 0 Å².